The summed E-state index contributed by atoms with van der Waals surface area (Å²) < 4.78 is 48.5. The Bertz CT molecular complexity index is 1030. The first kappa shape index (κ1) is 24.8. The van der Waals surface area contributed by atoms with E-state index < -0.39 is 47.7 Å². The fraction of sp³-hybridized carbons (Fsp3) is 0.250. The molecule has 172 valence electrons. The first-order valence-electron chi connectivity index (χ1n) is 8.87. The van der Waals surface area contributed by atoms with Gasteiger partial charge in [0.15, 0.2) is 6.61 Å². The number of phenols is 1. The number of rotatable bonds is 7. The van der Waals surface area contributed by atoms with Crippen molar-refractivity contribution in [2.45, 2.75) is 6.18 Å². The van der Waals surface area contributed by atoms with Gasteiger partial charge in [0.1, 0.15) is 17.1 Å². The van der Waals surface area contributed by atoms with E-state index in [0.29, 0.717) is 6.07 Å². The summed E-state index contributed by atoms with van der Waals surface area (Å²) in [7, 11) is 2.60. The van der Waals surface area contributed by atoms with Gasteiger partial charge in [-0.05, 0) is 36.4 Å². The molecule has 0 spiro atoms. The second-order valence-corrected chi connectivity index (χ2v) is 6.86. The van der Waals surface area contributed by atoms with Gasteiger partial charge < -0.3 is 24.8 Å². The Hall–Kier alpha value is -3.47. The summed E-state index contributed by atoms with van der Waals surface area (Å²) in [5, 5.41) is 11.4. The lowest BCUT2D eigenvalue weighted by Gasteiger charge is -2.17. The standard InChI is InChI=1S/C20H18ClF3N2O6/c1-26(9-17(28)25-11-3-5-15(21)14(7-11)20(22,23)24)18(29)10-32-19(30)13-8-12(31-2)4-6-16(13)27/h3-8,27H,9-10H2,1-2H3,(H,25,28). The number of hydrogen-bond acceptors (Lipinski definition) is 6. The normalized spacial score (nSPS) is 10.9. The van der Waals surface area contributed by atoms with Crippen molar-refractivity contribution in [2.75, 3.05) is 32.6 Å². The van der Waals surface area contributed by atoms with Gasteiger partial charge >= 0.3 is 12.1 Å². The van der Waals surface area contributed by atoms with Crippen LogP contribution in [0, 0.1) is 0 Å². The molecule has 0 unspecified atom stereocenters. The Morgan fingerprint density at radius 1 is 1.16 bits per heavy atom. The summed E-state index contributed by atoms with van der Waals surface area (Å²) in [4.78, 5) is 37.2. The van der Waals surface area contributed by atoms with Gasteiger partial charge in [-0.3, -0.25) is 9.59 Å². The highest BCUT2D eigenvalue weighted by atomic mass is 35.5. The number of phenolic OH excluding ortho intramolecular Hbond substituents is 1. The number of alkyl halides is 3. The van der Waals surface area contributed by atoms with Gasteiger partial charge in [0.25, 0.3) is 5.91 Å². The Balaban J connectivity index is 1.92. The average molecular weight is 475 g/mol. The number of nitrogens with zero attached hydrogens (tertiary/aromatic N) is 1. The molecule has 0 aliphatic rings. The minimum Gasteiger partial charge on any atom is -0.507 e. The molecule has 12 heteroatoms. The largest absolute Gasteiger partial charge is 0.507 e. The van der Waals surface area contributed by atoms with Gasteiger partial charge in [0.2, 0.25) is 5.91 Å². The topological polar surface area (TPSA) is 105 Å². The number of nitrogens with one attached hydrogen (secondary N) is 1. The fourth-order valence-corrected chi connectivity index (χ4v) is 2.67. The summed E-state index contributed by atoms with van der Waals surface area (Å²) in [6, 6.07) is 6.70. The van der Waals surface area contributed by atoms with Crippen molar-refractivity contribution in [1.29, 1.82) is 0 Å². The summed E-state index contributed by atoms with van der Waals surface area (Å²) in [6.07, 6.45) is -4.70. The van der Waals surface area contributed by atoms with Crippen molar-refractivity contribution in [3.63, 3.8) is 0 Å². The van der Waals surface area contributed by atoms with E-state index in [0.717, 1.165) is 11.0 Å². The van der Waals surface area contributed by atoms with Crippen LogP contribution in [0.3, 0.4) is 0 Å². The molecule has 0 atom stereocenters. The number of likely N-dealkylation sites (N-methyl/N-ethyl adjacent to an activating group) is 1. The Kier molecular flexibility index (Phi) is 7.92. The van der Waals surface area contributed by atoms with Crippen LogP contribution in [-0.2, 0) is 20.5 Å². The molecule has 0 fully saturated rings. The van der Waals surface area contributed by atoms with Crippen LogP contribution in [0.4, 0.5) is 18.9 Å². The molecule has 2 aromatic rings. The second-order valence-electron chi connectivity index (χ2n) is 6.45. The number of carbonyl (C=O) groups is 3. The summed E-state index contributed by atoms with van der Waals surface area (Å²) in [5.74, 6) is -2.63. The first-order valence-corrected chi connectivity index (χ1v) is 9.25. The van der Waals surface area contributed by atoms with Gasteiger partial charge in [-0.15, -0.1) is 0 Å². The van der Waals surface area contributed by atoms with E-state index in [4.69, 9.17) is 21.1 Å². The number of methoxy groups -OCH3 is 1. The fourth-order valence-electron chi connectivity index (χ4n) is 2.45. The van der Waals surface area contributed by atoms with Crippen molar-refractivity contribution < 1.29 is 42.1 Å². The van der Waals surface area contributed by atoms with E-state index >= 15 is 0 Å². The smallest absolute Gasteiger partial charge is 0.417 e. The van der Waals surface area contributed by atoms with Crippen LogP contribution in [0.25, 0.3) is 0 Å². The number of benzene rings is 2. The summed E-state index contributed by atoms with van der Waals surface area (Å²) in [6.45, 7) is -1.26. The van der Waals surface area contributed by atoms with Crippen LogP contribution in [-0.4, -0.2) is 55.1 Å². The molecule has 0 heterocycles. The maximum atomic E-state index is 12.9. The van der Waals surface area contributed by atoms with E-state index in [1.807, 2.05) is 0 Å². The SMILES string of the molecule is COc1ccc(O)c(C(=O)OCC(=O)N(C)CC(=O)Nc2ccc(Cl)c(C(F)(F)F)c2)c1. The van der Waals surface area contributed by atoms with Crippen LogP contribution >= 0.6 is 11.6 Å². The number of ether oxygens (including phenoxy) is 2. The summed E-state index contributed by atoms with van der Waals surface area (Å²) in [5.41, 5.74) is -1.50. The second kappa shape index (κ2) is 10.2. The van der Waals surface area contributed by atoms with Crippen molar-refractivity contribution in [1.82, 2.24) is 4.90 Å². The molecule has 0 saturated heterocycles. The molecule has 2 amide bonds. The zero-order chi connectivity index (χ0) is 24.1. The van der Waals surface area contributed by atoms with E-state index in [1.54, 1.807) is 0 Å². The van der Waals surface area contributed by atoms with Crippen LogP contribution in [0.15, 0.2) is 36.4 Å². The van der Waals surface area contributed by atoms with E-state index in [9.17, 15) is 32.7 Å². The first-order chi connectivity index (χ1) is 14.9. The molecular formula is C20H18ClF3N2O6. The molecule has 8 nitrogen and oxygen atoms in total. The molecule has 0 aliphatic carbocycles. The van der Waals surface area contributed by atoms with Gasteiger partial charge in [-0.2, -0.15) is 13.2 Å². The van der Waals surface area contributed by atoms with Gasteiger partial charge in [-0.1, -0.05) is 11.6 Å². The zero-order valence-electron chi connectivity index (χ0n) is 16.8. The van der Waals surface area contributed by atoms with E-state index in [1.165, 1.54) is 38.4 Å². The zero-order valence-corrected chi connectivity index (χ0v) is 17.6. The molecule has 32 heavy (non-hydrogen) atoms. The average Bonchev–Trinajstić information content (AvgIpc) is 2.72. The molecule has 0 radical (unpaired) electrons. The van der Waals surface area contributed by atoms with E-state index in [2.05, 4.69) is 5.32 Å². The molecule has 0 aliphatic heterocycles. The van der Waals surface area contributed by atoms with Crippen LogP contribution in [0.5, 0.6) is 11.5 Å². The van der Waals surface area contributed by atoms with Crippen LogP contribution in [0.2, 0.25) is 5.02 Å². The lowest BCUT2D eigenvalue weighted by molar-refractivity contribution is -0.137. The third-order valence-corrected chi connectivity index (χ3v) is 4.44. The molecule has 2 aromatic carbocycles. The number of esters is 1. The van der Waals surface area contributed by atoms with Gasteiger partial charge in [0, 0.05) is 12.7 Å². The quantitative estimate of drug-likeness (QED) is 0.596. The minimum atomic E-state index is -4.70. The third kappa shape index (κ3) is 6.51. The monoisotopic (exact) mass is 474 g/mol. The van der Waals surface area contributed by atoms with Crippen molar-refractivity contribution >= 4 is 35.1 Å². The van der Waals surface area contributed by atoms with Gasteiger partial charge in [0.05, 0.1) is 24.2 Å². The van der Waals surface area contributed by atoms with Crippen molar-refractivity contribution in [3.8, 4) is 11.5 Å². The molecule has 2 N–H and O–H groups in total. The highest BCUT2D eigenvalue weighted by Gasteiger charge is 2.33. The molecule has 0 aromatic heterocycles. The van der Waals surface area contributed by atoms with Crippen LogP contribution < -0.4 is 10.1 Å². The number of anilines is 1. The maximum absolute atomic E-state index is 12.9. The van der Waals surface area contributed by atoms with Crippen LogP contribution in [0.1, 0.15) is 15.9 Å². The number of hydrogen-bond donors (Lipinski definition) is 2. The lowest BCUT2D eigenvalue weighted by Crippen LogP contribution is -2.37. The lowest BCUT2D eigenvalue weighted by atomic mass is 10.2. The predicted molar refractivity (Wildman–Crippen MR) is 108 cm³/mol. The Morgan fingerprint density at radius 2 is 1.84 bits per heavy atom. The molecular weight excluding hydrogens is 457 g/mol. The Labute approximate surface area is 185 Å². The molecule has 0 bridgehead atoms. The number of amides is 2. The predicted octanol–water partition coefficient (Wildman–Crippen LogP) is 3.33. The highest BCUT2D eigenvalue weighted by molar-refractivity contribution is 6.31. The van der Waals surface area contributed by atoms with Gasteiger partial charge in [-0.25, -0.2) is 4.79 Å². The van der Waals surface area contributed by atoms with E-state index in [-0.39, 0.29) is 22.7 Å². The highest BCUT2D eigenvalue weighted by Crippen LogP contribution is 2.36. The third-order valence-electron chi connectivity index (χ3n) is 4.11. The molecule has 2 rings (SSSR count). The number of aromatic hydroxyl groups is 1. The van der Waals surface area contributed by atoms with Crippen molar-refractivity contribution in [2.24, 2.45) is 0 Å². The minimum absolute atomic E-state index is 0.160. The maximum Gasteiger partial charge on any atom is 0.417 e. The van der Waals surface area contributed by atoms with Crippen molar-refractivity contribution in [3.05, 3.63) is 52.5 Å². The Morgan fingerprint density at radius 3 is 2.47 bits per heavy atom. The molecule has 0 saturated carbocycles. The summed E-state index contributed by atoms with van der Waals surface area (Å²) >= 11 is 5.52. The number of halogens is 4. The number of carbonyl (C=O) groups excluding carboxylic acids is 3.